The fourth-order valence-corrected chi connectivity index (χ4v) is 9.76. The van der Waals surface area contributed by atoms with Gasteiger partial charge in [0.2, 0.25) is 23.7 Å². The van der Waals surface area contributed by atoms with Crippen LogP contribution in [0.25, 0.3) is 11.3 Å². The van der Waals surface area contributed by atoms with Crippen molar-refractivity contribution >= 4 is 41.0 Å². The third-order valence-corrected chi connectivity index (χ3v) is 13.2. The van der Waals surface area contributed by atoms with E-state index < -0.39 is 6.04 Å². The van der Waals surface area contributed by atoms with Crippen molar-refractivity contribution in [1.82, 2.24) is 34.8 Å². The zero-order chi connectivity index (χ0) is 43.6. The van der Waals surface area contributed by atoms with E-state index in [0.717, 1.165) is 112 Å². The third kappa shape index (κ3) is 9.26. The number of amides is 4. The molecule has 2 aromatic carbocycles. The monoisotopic (exact) mass is 854 g/mol. The van der Waals surface area contributed by atoms with Crippen molar-refractivity contribution in [3.63, 3.8) is 0 Å². The molecule has 2 bridgehead atoms. The van der Waals surface area contributed by atoms with Crippen LogP contribution in [0.5, 0.6) is 5.88 Å². The Morgan fingerprint density at radius 2 is 1.71 bits per heavy atom. The van der Waals surface area contributed by atoms with Crippen LogP contribution >= 0.6 is 0 Å². The second-order valence-electron chi connectivity index (χ2n) is 17.9. The maximum atomic E-state index is 13.8. The lowest BCUT2D eigenvalue weighted by molar-refractivity contribution is -0.136. The standard InChI is InChI=1S/C48H58N10O5/c1-31-10-9-23-63-47-37(27-49-54(47)3)40-26-35(24-32(2)50-40)44(60)53-48-51-39-15-14-33(25-42(39)58(48)28-31)29-56-21-19-55(20-22-56)18-7-5-4-6-11-34-12-8-13-36-38(34)30-57(46(36)62)41-16-17-43(59)52-45(41)61/h8,12-15,24-27,31,41H,4-7,9-11,16-23,28-30H2,1-3H3,(H,51,53,60)(H,52,59,61)/t31-,41?/m1/s1. The van der Waals surface area contributed by atoms with Crippen LogP contribution in [0, 0.1) is 12.8 Å². The second-order valence-corrected chi connectivity index (χ2v) is 17.9. The second kappa shape index (κ2) is 18.4. The molecular formula is C48H58N10O5. The van der Waals surface area contributed by atoms with Crippen molar-refractivity contribution in [2.75, 3.05) is 56.1 Å². The molecule has 0 spiro atoms. The summed E-state index contributed by atoms with van der Waals surface area (Å²) in [6, 6.07) is 15.5. The molecule has 2 aromatic heterocycles. The number of nitrogens with one attached hydrogen (secondary N) is 2. The summed E-state index contributed by atoms with van der Waals surface area (Å²) in [4.78, 5) is 69.5. The van der Waals surface area contributed by atoms with E-state index in [1.54, 1.807) is 27.9 Å². The molecule has 2 fully saturated rings. The molecule has 330 valence electrons. The fourth-order valence-electron chi connectivity index (χ4n) is 9.76. The van der Waals surface area contributed by atoms with Gasteiger partial charge < -0.3 is 24.8 Å². The number of anilines is 2. The SMILES string of the molecule is Cc1cc2cc(n1)-c1cnn(C)c1OCCC[C@@H](C)CN1/C(=N/C2=O)Nc2ccc(CN3CCN(CCCCCCc4cccc5c4CN(C4CCC(=O)NC4=O)C5=O)CC3)cc21. The number of nitrogens with zero attached hydrogens (tertiary/aromatic N) is 8. The molecule has 0 aliphatic carbocycles. The maximum absolute atomic E-state index is 13.8. The van der Waals surface area contributed by atoms with Gasteiger partial charge >= 0.3 is 0 Å². The lowest BCUT2D eigenvalue weighted by Crippen LogP contribution is -2.52. The molecule has 4 amide bonds. The summed E-state index contributed by atoms with van der Waals surface area (Å²) >= 11 is 0. The van der Waals surface area contributed by atoms with Gasteiger partial charge in [-0.05, 0) is 105 Å². The number of aliphatic imine (C=N–C) groups is 1. The number of carbonyl (C=O) groups excluding carboxylic acids is 4. The minimum Gasteiger partial charge on any atom is -0.477 e. The van der Waals surface area contributed by atoms with Crippen LogP contribution in [0.3, 0.4) is 0 Å². The number of imide groups is 1. The highest BCUT2D eigenvalue weighted by Gasteiger charge is 2.40. The lowest BCUT2D eigenvalue weighted by Gasteiger charge is -2.34. The number of unbranched alkanes of at least 4 members (excludes halogenated alkanes) is 3. The Bertz CT molecular complexity index is 2440. The first-order valence-corrected chi connectivity index (χ1v) is 22.7. The Hall–Kier alpha value is -5.93. The highest BCUT2D eigenvalue weighted by atomic mass is 16.5. The zero-order valence-corrected chi connectivity index (χ0v) is 36.7. The van der Waals surface area contributed by atoms with Crippen molar-refractivity contribution in [3.05, 3.63) is 88.2 Å². The minimum atomic E-state index is -0.586. The van der Waals surface area contributed by atoms with Gasteiger partial charge in [0.1, 0.15) is 6.04 Å². The number of hydrogen-bond donors (Lipinski definition) is 2. The summed E-state index contributed by atoms with van der Waals surface area (Å²) in [5, 5.41) is 10.3. The molecule has 2 atom stereocenters. The molecule has 4 aromatic rings. The number of hydrogen-bond acceptors (Lipinski definition) is 11. The van der Waals surface area contributed by atoms with Crippen LogP contribution < -0.4 is 20.3 Å². The number of ether oxygens (including phenoxy) is 1. The summed E-state index contributed by atoms with van der Waals surface area (Å²) in [6.45, 7) is 11.9. The molecule has 1 unspecified atom stereocenters. The first kappa shape index (κ1) is 42.4. The average Bonchev–Trinajstić information content (AvgIpc) is 3.92. The van der Waals surface area contributed by atoms with E-state index in [1.165, 1.54) is 11.1 Å². The van der Waals surface area contributed by atoms with Crippen LogP contribution in [0.1, 0.15) is 101 Å². The summed E-state index contributed by atoms with van der Waals surface area (Å²) < 4.78 is 7.97. The number of benzene rings is 2. The topological polar surface area (TPSA) is 158 Å². The van der Waals surface area contributed by atoms with Crippen LogP contribution in [0.2, 0.25) is 0 Å². The van der Waals surface area contributed by atoms with Crippen LogP contribution in [0.15, 0.2) is 59.7 Å². The molecule has 5 aliphatic rings. The zero-order valence-electron chi connectivity index (χ0n) is 36.7. The van der Waals surface area contributed by atoms with E-state index in [0.29, 0.717) is 60.7 Å². The molecule has 5 aliphatic heterocycles. The number of piperazine rings is 1. The fraction of sp³-hybridized carbons (Fsp3) is 0.479. The van der Waals surface area contributed by atoms with Crippen molar-refractivity contribution in [3.8, 4) is 17.1 Å². The first-order chi connectivity index (χ1) is 30.6. The summed E-state index contributed by atoms with van der Waals surface area (Å²) in [5.74, 6) is 0.433. The van der Waals surface area contributed by atoms with Crippen LogP contribution in [-0.4, -0.2) is 111 Å². The molecule has 0 saturated carbocycles. The molecule has 15 nitrogen and oxygen atoms in total. The van der Waals surface area contributed by atoms with E-state index >= 15 is 0 Å². The van der Waals surface area contributed by atoms with Gasteiger partial charge in [-0.15, -0.1) is 0 Å². The number of aryl methyl sites for hydroxylation is 3. The third-order valence-electron chi connectivity index (χ3n) is 13.2. The first-order valence-electron chi connectivity index (χ1n) is 22.7. The number of piperidine rings is 1. The van der Waals surface area contributed by atoms with Crippen LogP contribution in [-0.2, 0) is 36.1 Å². The Morgan fingerprint density at radius 3 is 2.56 bits per heavy atom. The summed E-state index contributed by atoms with van der Waals surface area (Å²) in [6.07, 6.45) is 9.62. The number of fused-ring (bicyclic) bond motifs is 8. The van der Waals surface area contributed by atoms with Crippen molar-refractivity contribution in [2.45, 2.75) is 90.8 Å². The van der Waals surface area contributed by atoms with E-state index in [-0.39, 0.29) is 30.0 Å². The molecular weight excluding hydrogens is 797 g/mol. The number of rotatable bonds is 10. The Morgan fingerprint density at radius 1 is 0.889 bits per heavy atom. The molecule has 2 saturated heterocycles. The molecule has 63 heavy (non-hydrogen) atoms. The number of carbonyl (C=O) groups is 4. The number of pyridine rings is 1. The average molecular weight is 855 g/mol. The predicted octanol–water partition coefficient (Wildman–Crippen LogP) is 5.71. The predicted molar refractivity (Wildman–Crippen MR) is 241 cm³/mol. The number of guanidine groups is 1. The summed E-state index contributed by atoms with van der Waals surface area (Å²) in [7, 11) is 1.86. The lowest BCUT2D eigenvalue weighted by atomic mass is 9.98. The minimum absolute atomic E-state index is 0.110. The van der Waals surface area contributed by atoms with Crippen molar-refractivity contribution in [1.29, 1.82) is 0 Å². The largest absolute Gasteiger partial charge is 0.477 e. The molecule has 0 radical (unpaired) electrons. The van der Waals surface area contributed by atoms with Gasteiger partial charge in [-0.1, -0.05) is 38.0 Å². The van der Waals surface area contributed by atoms with Gasteiger partial charge in [-0.25, -0.2) is 4.68 Å². The van der Waals surface area contributed by atoms with Gasteiger partial charge in [-0.3, -0.25) is 34.4 Å². The molecule has 15 heteroatoms. The molecule has 7 heterocycles. The summed E-state index contributed by atoms with van der Waals surface area (Å²) in [5.41, 5.74) is 8.74. The van der Waals surface area contributed by atoms with Crippen molar-refractivity contribution < 1.29 is 23.9 Å². The highest BCUT2D eigenvalue weighted by Crippen LogP contribution is 2.36. The van der Waals surface area contributed by atoms with Gasteiger partial charge in [-0.2, -0.15) is 10.1 Å². The van der Waals surface area contributed by atoms with Crippen LogP contribution in [0.4, 0.5) is 11.4 Å². The smallest absolute Gasteiger partial charge is 0.280 e. The van der Waals surface area contributed by atoms with E-state index in [2.05, 4.69) is 66.6 Å². The van der Waals surface area contributed by atoms with E-state index in [1.807, 2.05) is 26.1 Å². The number of aromatic nitrogens is 3. The Balaban J connectivity index is 0.760. The quantitative estimate of drug-likeness (QED) is 0.149. The van der Waals surface area contributed by atoms with E-state index in [4.69, 9.17) is 9.72 Å². The maximum Gasteiger partial charge on any atom is 0.280 e. The van der Waals surface area contributed by atoms with E-state index in [9.17, 15) is 19.2 Å². The Kier molecular flexibility index (Phi) is 12.4. The van der Waals surface area contributed by atoms with Gasteiger partial charge in [0.05, 0.1) is 35.4 Å². The van der Waals surface area contributed by atoms with Crippen molar-refractivity contribution in [2.24, 2.45) is 18.0 Å². The highest BCUT2D eigenvalue weighted by molar-refractivity contribution is 6.19. The van der Waals surface area contributed by atoms with Gasteiger partial charge in [0.15, 0.2) is 0 Å². The van der Waals surface area contributed by atoms with Gasteiger partial charge in [0, 0.05) is 76.1 Å². The van der Waals surface area contributed by atoms with Gasteiger partial charge in [0.25, 0.3) is 11.8 Å². The normalized spacial score (nSPS) is 21.6. The molecule has 9 rings (SSSR count). The molecule has 2 N–H and O–H groups in total. The Labute approximate surface area is 368 Å².